The number of nitrogens with zero attached hydrogens (tertiary/aromatic N) is 1. The molecular weight excluding hydrogens is 164 g/mol. The molecule has 0 aromatic carbocycles. The summed E-state index contributed by atoms with van der Waals surface area (Å²) in [4.78, 5) is 15.0. The fourth-order valence-electron chi connectivity index (χ4n) is 1.10. The number of aromatic nitrogens is 1. The van der Waals surface area contributed by atoms with Crippen molar-refractivity contribution in [1.29, 1.82) is 0 Å². The van der Waals surface area contributed by atoms with E-state index in [1.807, 2.05) is 19.1 Å². The van der Waals surface area contributed by atoms with Gasteiger partial charge in [0.25, 0.3) is 0 Å². The van der Waals surface area contributed by atoms with Crippen LogP contribution in [0.25, 0.3) is 0 Å². The quantitative estimate of drug-likeness (QED) is 0.759. The summed E-state index contributed by atoms with van der Waals surface area (Å²) in [5.74, 6) is 0.191. The Morgan fingerprint density at radius 1 is 1.69 bits per heavy atom. The van der Waals surface area contributed by atoms with Gasteiger partial charge in [0.05, 0.1) is 0 Å². The van der Waals surface area contributed by atoms with E-state index in [0.717, 1.165) is 5.56 Å². The number of ketones is 1. The summed E-state index contributed by atoms with van der Waals surface area (Å²) in [6.07, 6.45) is 4.35. The highest BCUT2D eigenvalue weighted by Gasteiger charge is 2.09. The van der Waals surface area contributed by atoms with Gasteiger partial charge >= 0.3 is 0 Å². The maximum atomic E-state index is 11.1. The van der Waals surface area contributed by atoms with Crippen molar-refractivity contribution in [1.82, 2.24) is 4.98 Å². The highest BCUT2D eigenvalue weighted by molar-refractivity contribution is 5.78. The Kier molecular flexibility index (Phi) is 3.58. The number of Topliss-reactive ketones (excluding diaryl/α,β-unsaturated/α-hetero) is 1. The minimum atomic E-state index is -0.207. The van der Waals surface area contributed by atoms with Gasteiger partial charge in [0.1, 0.15) is 5.78 Å². The van der Waals surface area contributed by atoms with Crippen molar-refractivity contribution in [3.05, 3.63) is 30.1 Å². The van der Waals surface area contributed by atoms with Gasteiger partial charge in [-0.25, -0.2) is 0 Å². The van der Waals surface area contributed by atoms with Crippen LogP contribution in [0.5, 0.6) is 0 Å². The minimum Gasteiger partial charge on any atom is -0.324 e. The number of carbonyl (C=O) groups excluding carboxylic acids is 1. The summed E-state index contributed by atoms with van der Waals surface area (Å²) in [7, 11) is 0. The molecule has 1 aromatic rings. The Labute approximate surface area is 78.0 Å². The van der Waals surface area contributed by atoms with Crippen LogP contribution >= 0.6 is 0 Å². The number of rotatable bonds is 4. The number of nitrogens with two attached hydrogens (primary N) is 1. The molecular formula is C10H14N2O. The van der Waals surface area contributed by atoms with Crippen LogP contribution < -0.4 is 5.73 Å². The van der Waals surface area contributed by atoms with Crippen molar-refractivity contribution in [2.24, 2.45) is 5.73 Å². The van der Waals surface area contributed by atoms with E-state index in [1.54, 1.807) is 12.4 Å². The minimum absolute atomic E-state index is 0.191. The van der Waals surface area contributed by atoms with Gasteiger partial charge in [-0.3, -0.25) is 9.78 Å². The van der Waals surface area contributed by atoms with Crippen LogP contribution in [0.4, 0.5) is 0 Å². The first-order chi connectivity index (χ1) is 6.24. The van der Waals surface area contributed by atoms with Crippen LogP contribution in [0.1, 0.15) is 31.4 Å². The van der Waals surface area contributed by atoms with Gasteiger partial charge in [-0.05, 0) is 11.6 Å². The van der Waals surface area contributed by atoms with Crippen LogP contribution in [0, 0.1) is 0 Å². The van der Waals surface area contributed by atoms with Crippen molar-refractivity contribution in [2.45, 2.75) is 25.8 Å². The largest absolute Gasteiger partial charge is 0.324 e. The molecule has 0 unspecified atom stereocenters. The van der Waals surface area contributed by atoms with E-state index < -0.39 is 0 Å². The molecule has 0 radical (unpaired) electrons. The zero-order valence-corrected chi connectivity index (χ0v) is 7.73. The average molecular weight is 178 g/mol. The lowest BCUT2D eigenvalue weighted by molar-refractivity contribution is -0.119. The first-order valence-corrected chi connectivity index (χ1v) is 4.41. The molecule has 0 bridgehead atoms. The predicted octanol–water partition coefficient (Wildman–Crippen LogP) is 1.45. The SMILES string of the molecule is CCC(=O)C[C@H](N)c1cccnc1. The van der Waals surface area contributed by atoms with Crippen LogP contribution in [0.15, 0.2) is 24.5 Å². The fraction of sp³-hybridized carbons (Fsp3) is 0.400. The van der Waals surface area contributed by atoms with E-state index in [0.29, 0.717) is 12.8 Å². The van der Waals surface area contributed by atoms with E-state index in [1.165, 1.54) is 0 Å². The van der Waals surface area contributed by atoms with E-state index in [-0.39, 0.29) is 11.8 Å². The van der Waals surface area contributed by atoms with Gasteiger partial charge in [-0.1, -0.05) is 13.0 Å². The molecule has 0 aliphatic rings. The smallest absolute Gasteiger partial charge is 0.134 e. The molecule has 0 aliphatic heterocycles. The Morgan fingerprint density at radius 3 is 3.00 bits per heavy atom. The molecule has 0 saturated heterocycles. The third-order valence-electron chi connectivity index (χ3n) is 1.95. The van der Waals surface area contributed by atoms with E-state index >= 15 is 0 Å². The second-order valence-electron chi connectivity index (χ2n) is 2.99. The summed E-state index contributed by atoms with van der Waals surface area (Å²) in [5.41, 5.74) is 6.73. The monoisotopic (exact) mass is 178 g/mol. The lowest BCUT2D eigenvalue weighted by atomic mass is 10.0. The van der Waals surface area contributed by atoms with Gasteiger partial charge < -0.3 is 5.73 Å². The lowest BCUT2D eigenvalue weighted by Gasteiger charge is -2.09. The number of hydrogen-bond acceptors (Lipinski definition) is 3. The summed E-state index contributed by atoms with van der Waals surface area (Å²) in [6.45, 7) is 1.85. The first-order valence-electron chi connectivity index (χ1n) is 4.41. The molecule has 13 heavy (non-hydrogen) atoms. The van der Waals surface area contributed by atoms with Crippen LogP contribution in [0.3, 0.4) is 0 Å². The molecule has 0 amide bonds. The zero-order valence-electron chi connectivity index (χ0n) is 7.73. The Morgan fingerprint density at radius 2 is 2.46 bits per heavy atom. The highest BCUT2D eigenvalue weighted by Crippen LogP contribution is 2.12. The summed E-state index contributed by atoms with van der Waals surface area (Å²) >= 11 is 0. The topological polar surface area (TPSA) is 56.0 Å². The molecule has 70 valence electrons. The van der Waals surface area contributed by atoms with E-state index in [4.69, 9.17) is 5.73 Å². The Bertz CT molecular complexity index is 272. The molecule has 1 heterocycles. The van der Waals surface area contributed by atoms with Crippen molar-refractivity contribution in [2.75, 3.05) is 0 Å². The van der Waals surface area contributed by atoms with E-state index in [9.17, 15) is 4.79 Å². The zero-order chi connectivity index (χ0) is 9.68. The van der Waals surface area contributed by atoms with Crippen molar-refractivity contribution >= 4 is 5.78 Å². The molecule has 0 spiro atoms. The molecule has 1 atom stereocenters. The summed E-state index contributed by atoms with van der Waals surface area (Å²) in [5, 5.41) is 0. The molecule has 1 aromatic heterocycles. The van der Waals surface area contributed by atoms with Gasteiger partial charge in [0.2, 0.25) is 0 Å². The number of carbonyl (C=O) groups is 1. The summed E-state index contributed by atoms with van der Waals surface area (Å²) < 4.78 is 0. The van der Waals surface area contributed by atoms with Gasteiger partial charge in [0.15, 0.2) is 0 Å². The standard InChI is InChI=1S/C10H14N2O/c1-2-9(13)6-10(11)8-4-3-5-12-7-8/h3-5,7,10H,2,6,11H2,1H3/t10-/m0/s1. The molecule has 2 N–H and O–H groups in total. The van der Waals surface area contributed by atoms with Crippen LogP contribution in [-0.2, 0) is 4.79 Å². The second kappa shape index (κ2) is 4.72. The maximum Gasteiger partial charge on any atom is 0.134 e. The Hall–Kier alpha value is -1.22. The Balaban J connectivity index is 2.59. The van der Waals surface area contributed by atoms with Crippen LogP contribution in [-0.4, -0.2) is 10.8 Å². The first kappa shape index (κ1) is 9.86. The number of hydrogen-bond donors (Lipinski definition) is 1. The fourth-order valence-corrected chi connectivity index (χ4v) is 1.10. The van der Waals surface area contributed by atoms with Gasteiger partial charge in [0, 0.05) is 31.3 Å². The van der Waals surface area contributed by atoms with Crippen molar-refractivity contribution in [3.8, 4) is 0 Å². The third-order valence-corrected chi connectivity index (χ3v) is 1.95. The van der Waals surface area contributed by atoms with Gasteiger partial charge in [-0.15, -0.1) is 0 Å². The molecule has 0 saturated carbocycles. The lowest BCUT2D eigenvalue weighted by Crippen LogP contribution is -2.14. The van der Waals surface area contributed by atoms with Crippen molar-refractivity contribution in [3.63, 3.8) is 0 Å². The number of pyridine rings is 1. The maximum absolute atomic E-state index is 11.1. The second-order valence-corrected chi connectivity index (χ2v) is 2.99. The molecule has 3 nitrogen and oxygen atoms in total. The third kappa shape index (κ3) is 2.95. The highest BCUT2D eigenvalue weighted by atomic mass is 16.1. The predicted molar refractivity (Wildman–Crippen MR) is 51.1 cm³/mol. The summed E-state index contributed by atoms with van der Waals surface area (Å²) in [6, 6.07) is 3.51. The molecule has 3 heteroatoms. The molecule has 0 aliphatic carbocycles. The normalized spacial score (nSPS) is 12.5. The molecule has 0 fully saturated rings. The van der Waals surface area contributed by atoms with Gasteiger partial charge in [-0.2, -0.15) is 0 Å². The average Bonchev–Trinajstić information content (AvgIpc) is 2.19. The van der Waals surface area contributed by atoms with E-state index in [2.05, 4.69) is 4.98 Å². The molecule has 1 rings (SSSR count). The van der Waals surface area contributed by atoms with Crippen LogP contribution in [0.2, 0.25) is 0 Å². The van der Waals surface area contributed by atoms with Crippen molar-refractivity contribution < 1.29 is 4.79 Å².